The van der Waals surface area contributed by atoms with Gasteiger partial charge in [0.15, 0.2) is 6.17 Å². The molecule has 4 aliphatic rings. The zero-order valence-corrected chi connectivity index (χ0v) is 37.2. The molecule has 4 fully saturated rings. The van der Waals surface area contributed by atoms with Gasteiger partial charge in [-0.1, -0.05) is 36.4 Å². The number of unbranched alkanes of at least 4 members (excludes halogenated alkanes) is 1. The first-order chi connectivity index (χ1) is 30.4. The number of rotatable bonds is 24. The van der Waals surface area contributed by atoms with E-state index in [0.29, 0.717) is 37.4 Å². The van der Waals surface area contributed by atoms with Crippen LogP contribution in [-0.2, 0) is 39.7 Å². The van der Waals surface area contributed by atoms with E-state index in [1.807, 2.05) is 38.1 Å². The summed E-state index contributed by atoms with van der Waals surface area (Å²) in [7, 11) is 0.993. The number of aliphatic hydroxyl groups is 1. The molecule has 6 rings (SSSR count). The lowest BCUT2D eigenvalue weighted by Crippen LogP contribution is -2.73. The highest BCUT2D eigenvalue weighted by Crippen LogP contribution is 2.60. The van der Waals surface area contributed by atoms with Crippen LogP contribution in [0, 0.1) is 11.8 Å². The SMILES string of the molecule is C=NCCCc1ccc(-c2ccc(C(=O)NC(CCCCNC)C(=O)NC(C(=O)NC(N)C(=O)NC(CC(N)=O)C(=O)NCB3OC4CC5CC(C5(C)N)C4(C)O3)C(C)O)cc2)cc1. The third-order valence-electron chi connectivity index (χ3n) is 12.8. The van der Waals surface area contributed by atoms with Gasteiger partial charge < -0.3 is 68.5 Å². The van der Waals surface area contributed by atoms with Gasteiger partial charge in [0.1, 0.15) is 18.1 Å². The summed E-state index contributed by atoms with van der Waals surface area (Å²) in [5.41, 5.74) is 20.3. The van der Waals surface area contributed by atoms with Crippen molar-refractivity contribution in [3.63, 3.8) is 0 Å². The van der Waals surface area contributed by atoms with Gasteiger partial charge in [-0.3, -0.25) is 28.8 Å². The fourth-order valence-electron chi connectivity index (χ4n) is 8.95. The fraction of sp³-hybridized carbons (Fsp3) is 0.568. The van der Waals surface area contributed by atoms with Gasteiger partial charge in [-0.15, -0.1) is 0 Å². The highest BCUT2D eigenvalue weighted by atomic mass is 16.7. The molecule has 0 aromatic heterocycles. The van der Waals surface area contributed by atoms with E-state index in [0.717, 1.165) is 36.8 Å². The number of nitrogens with two attached hydrogens (primary N) is 3. The van der Waals surface area contributed by atoms with Crippen LogP contribution in [0.3, 0.4) is 0 Å². The Labute approximate surface area is 374 Å². The zero-order valence-electron chi connectivity index (χ0n) is 37.2. The number of hydrogen-bond donors (Lipinski definition) is 10. The van der Waals surface area contributed by atoms with Crippen LogP contribution in [-0.4, -0.2) is 129 Å². The van der Waals surface area contributed by atoms with Crippen molar-refractivity contribution in [2.75, 3.05) is 26.6 Å². The lowest BCUT2D eigenvalue weighted by Gasteiger charge is -2.64. The first-order valence-electron chi connectivity index (χ1n) is 22.0. The van der Waals surface area contributed by atoms with Crippen molar-refractivity contribution in [2.45, 2.75) is 120 Å². The highest BCUT2D eigenvalue weighted by Gasteiger charge is 2.68. The molecule has 0 radical (unpaired) electrons. The minimum absolute atomic E-state index is 0.0842. The Morgan fingerprint density at radius 2 is 1.56 bits per heavy atom. The molecule has 2 aromatic carbocycles. The van der Waals surface area contributed by atoms with Crippen LogP contribution >= 0.6 is 0 Å². The molecule has 6 amide bonds. The minimum atomic E-state index is -1.80. The van der Waals surface area contributed by atoms with Crippen LogP contribution in [0.25, 0.3) is 11.1 Å². The topological polar surface area (TPSA) is 304 Å². The number of benzene rings is 2. The molecule has 64 heavy (non-hydrogen) atoms. The number of aliphatic hydroxyl groups excluding tert-OH is 1. The van der Waals surface area contributed by atoms with E-state index >= 15 is 0 Å². The molecule has 1 aliphatic heterocycles. The molecule has 3 aliphatic carbocycles. The van der Waals surface area contributed by atoms with Crippen molar-refractivity contribution < 1.29 is 43.2 Å². The first kappa shape index (κ1) is 49.8. The maximum atomic E-state index is 13.7. The molecule has 10 atom stereocenters. The van der Waals surface area contributed by atoms with Crippen LogP contribution in [0.2, 0.25) is 0 Å². The highest BCUT2D eigenvalue weighted by molar-refractivity contribution is 6.46. The number of aryl methyl sites for hydroxylation is 1. The number of carbonyl (C=O) groups is 6. The lowest BCUT2D eigenvalue weighted by atomic mass is 9.47. The van der Waals surface area contributed by atoms with Crippen molar-refractivity contribution in [3.05, 3.63) is 59.7 Å². The second-order valence-electron chi connectivity index (χ2n) is 17.6. The summed E-state index contributed by atoms with van der Waals surface area (Å²) in [6, 6.07) is 10.9. The summed E-state index contributed by atoms with van der Waals surface area (Å²) in [4.78, 5) is 82.9. The van der Waals surface area contributed by atoms with Crippen molar-refractivity contribution >= 4 is 49.3 Å². The van der Waals surface area contributed by atoms with Gasteiger partial charge in [-0.2, -0.15) is 0 Å². The van der Waals surface area contributed by atoms with E-state index in [4.69, 9.17) is 26.5 Å². The number of hydrogen-bond acceptors (Lipinski definition) is 13. The number of nitrogens with one attached hydrogen (secondary N) is 6. The van der Waals surface area contributed by atoms with Gasteiger partial charge in [-0.05, 0) is 121 Å². The average molecular weight is 889 g/mol. The maximum Gasteiger partial charge on any atom is 0.478 e. The molecule has 0 spiro atoms. The molecular formula is C44H65BN10O9. The van der Waals surface area contributed by atoms with Gasteiger partial charge in [0.05, 0.1) is 30.7 Å². The van der Waals surface area contributed by atoms with Gasteiger partial charge in [0, 0.05) is 23.6 Å². The van der Waals surface area contributed by atoms with Crippen molar-refractivity contribution in [1.29, 1.82) is 0 Å². The van der Waals surface area contributed by atoms with E-state index in [2.05, 4.69) is 55.7 Å². The molecule has 2 aromatic rings. The quantitative estimate of drug-likeness (QED) is 0.0268. The number of amides is 6. The Kier molecular flexibility index (Phi) is 17.2. The summed E-state index contributed by atoms with van der Waals surface area (Å²) in [5.74, 6) is -4.66. The summed E-state index contributed by atoms with van der Waals surface area (Å²) in [5, 5.41) is 26.1. The standard InChI is InChI=1S/C44H65BN10O9/c1-25(56)36(54-40(60)31(10-6-7-19-49-4)52-38(58)29-17-15-28(16-18-29)27-13-11-26(12-14-27)9-8-20-50-5)41(61)55-37(47)42(62)53-32(23-35(46)57)39(59)51-24-45-63-34-22-30-21-33(43(30,2)48)44(34,3)64-45/h11-18,25,30-34,36-37,49,56H,5-10,19-24,47-48H2,1-4H3,(H2,46,57)(H,51,59)(H,52,58)(H,53,62)(H,54,60)(H,55,61). The number of aliphatic imine (C=N–C) groups is 1. The van der Waals surface area contributed by atoms with Crippen molar-refractivity contribution in [1.82, 2.24) is 31.9 Å². The molecule has 19 nitrogen and oxygen atoms in total. The summed E-state index contributed by atoms with van der Waals surface area (Å²) < 4.78 is 12.4. The fourth-order valence-corrected chi connectivity index (χ4v) is 8.95. The van der Waals surface area contributed by atoms with E-state index in [-0.39, 0.29) is 30.4 Å². The Balaban J connectivity index is 1.15. The van der Waals surface area contributed by atoms with Gasteiger partial charge in [0.2, 0.25) is 23.6 Å². The summed E-state index contributed by atoms with van der Waals surface area (Å²) >= 11 is 0. The van der Waals surface area contributed by atoms with Gasteiger partial charge >= 0.3 is 7.12 Å². The second kappa shape index (κ2) is 22.1. The Morgan fingerprint density at radius 1 is 0.891 bits per heavy atom. The number of nitrogens with zero attached hydrogens (tertiary/aromatic N) is 1. The van der Waals surface area contributed by atoms with E-state index < -0.39 is 85.0 Å². The van der Waals surface area contributed by atoms with Crippen molar-refractivity contribution in [3.8, 4) is 11.1 Å². The Bertz CT molecular complexity index is 1990. The maximum absolute atomic E-state index is 13.7. The molecule has 1 saturated heterocycles. The largest absolute Gasteiger partial charge is 0.478 e. The van der Waals surface area contributed by atoms with Crippen LogP contribution in [0.15, 0.2) is 53.5 Å². The third-order valence-corrected chi connectivity index (χ3v) is 12.8. The molecule has 10 unspecified atom stereocenters. The monoisotopic (exact) mass is 889 g/mol. The van der Waals surface area contributed by atoms with Crippen LogP contribution in [0.1, 0.15) is 81.6 Å². The number of primary amides is 1. The molecule has 13 N–H and O–H groups in total. The van der Waals surface area contributed by atoms with Gasteiger partial charge in [-0.25, -0.2) is 0 Å². The van der Waals surface area contributed by atoms with Crippen LogP contribution < -0.4 is 49.1 Å². The molecule has 20 heteroatoms. The predicted molar refractivity (Wildman–Crippen MR) is 241 cm³/mol. The van der Waals surface area contributed by atoms with E-state index in [9.17, 15) is 33.9 Å². The minimum Gasteiger partial charge on any atom is -0.404 e. The number of carbonyl (C=O) groups excluding carboxylic acids is 6. The normalized spacial score (nSPS) is 24.4. The van der Waals surface area contributed by atoms with Gasteiger partial charge in [0.25, 0.3) is 11.8 Å². The smallest absolute Gasteiger partial charge is 0.404 e. The molecule has 2 bridgehead atoms. The second-order valence-corrected chi connectivity index (χ2v) is 17.6. The first-order valence-corrected chi connectivity index (χ1v) is 22.0. The zero-order chi connectivity index (χ0) is 46.8. The molecule has 3 saturated carbocycles. The molecule has 348 valence electrons. The summed E-state index contributed by atoms with van der Waals surface area (Å²) in [6.45, 7) is 10.1. The van der Waals surface area contributed by atoms with Crippen molar-refractivity contribution in [2.24, 2.45) is 34.0 Å². The predicted octanol–water partition coefficient (Wildman–Crippen LogP) is -0.823. The Hall–Kier alpha value is -5.25. The molecule has 1 heterocycles. The van der Waals surface area contributed by atoms with E-state index in [1.165, 1.54) is 12.5 Å². The van der Waals surface area contributed by atoms with E-state index in [1.54, 1.807) is 19.2 Å². The average Bonchev–Trinajstić information content (AvgIpc) is 3.61. The summed E-state index contributed by atoms with van der Waals surface area (Å²) in [6.07, 6.45) is 0.716. The Morgan fingerprint density at radius 3 is 2.17 bits per heavy atom. The third kappa shape index (κ3) is 12.3. The van der Waals surface area contributed by atoms with Crippen LogP contribution in [0.4, 0.5) is 0 Å². The lowest BCUT2D eigenvalue weighted by molar-refractivity contribution is -0.164. The molecular weight excluding hydrogens is 823 g/mol. The van der Waals surface area contributed by atoms with Crippen LogP contribution in [0.5, 0.6) is 0 Å².